The van der Waals surface area contributed by atoms with Crippen molar-refractivity contribution in [1.29, 1.82) is 0 Å². The number of carboxylic acid groups (broad SMARTS) is 1. The van der Waals surface area contributed by atoms with Gasteiger partial charge in [0.25, 0.3) is 0 Å². The molecule has 1 rings (SSSR count). The number of aliphatic hydroxyl groups is 2. The number of rotatable bonds is 6. The zero-order valence-corrected chi connectivity index (χ0v) is 11.2. The van der Waals surface area contributed by atoms with E-state index in [9.17, 15) is 9.59 Å². The second kappa shape index (κ2) is 7.46. The fraction of sp³-hybridized carbons (Fsp3) is 0.385. The summed E-state index contributed by atoms with van der Waals surface area (Å²) in [5.74, 6) is -1.03. The van der Waals surface area contributed by atoms with E-state index in [0.29, 0.717) is 11.3 Å². The van der Waals surface area contributed by atoms with E-state index in [1.54, 1.807) is 13.0 Å². The first-order valence-corrected chi connectivity index (χ1v) is 6.11. The molecule has 7 nitrogen and oxygen atoms in total. The number of aromatic carboxylic acids is 1. The molecule has 1 aromatic carbocycles. The Kier molecular flexibility index (Phi) is 5.95. The van der Waals surface area contributed by atoms with E-state index in [1.807, 2.05) is 0 Å². The van der Waals surface area contributed by atoms with Gasteiger partial charge >= 0.3 is 12.0 Å². The fourth-order valence-electron chi connectivity index (χ4n) is 1.74. The van der Waals surface area contributed by atoms with Gasteiger partial charge in [0.15, 0.2) is 0 Å². The lowest BCUT2D eigenvalue weighted by Gasteiger charge is -2.21. The van der Waals surface area contributed by atoms with Crippen LogP contribution >= 0.6 is 0 Å². The maximum Gasteiger partial charge on any atom is 0.335 e. The zero-order chi connectivity index (χ0) is 15.1. The van der Waals surface area contributed by atoms with Crippen molar-refractivity contribution in [2.45, 2.75) is 6.92 Å². The highest BCUT2D eigenvalue weighted by Gasteiger charge is 2.13. The lowest BCUT2D eigenvalue weighted by molar-refractivity contribution is 0.0696. The van der Waals surface area contributed by atoms with Crippen LogP contribution in [0.15, 0.2) is 18.2 Å². The Labute approximate surface area is 116 Å². The molecule has 0 unspecified atom stereocenters. The summed E-state index contributed by atoms with van der Waals surface area (Å²) in [6.07, 6.45) is 0. The van der Waals surface area contributed by atoms with Crippen molar-refractivity contribution in [3.8, 4) is 0 Å². The number of benzene rings is 1. The number of anilines is 1. The van der Waals surface area contributed by atoms with Crippen LogP contribution in [0.3, 0.4) is 0 Å². The molecule has 0 aromatic heterocycles. The monoisotopic (exact) mass is 282 g/mol. The van der Waals surface area contributed by atoms with Crippen LogP contribution in [-0.4, -0.2) is 58.5 Å². The quantitative estimate of drug-likeness (QED) is 0.607. The third-order valence-electron chi connectivity index (χ3n) is 2.74. The predicted octanol–water partition coefficient (Wildman–Crippen LogP) is 0.512. The summed E-state index contributed by atoms with van der Waals surface area (Å²) >= 11 is 0. The highest BCUT2D eigenvalue weighted by atomic mass is 16.4. The average Bonchev–Trinajstić information content (AvgIpc) is 2.38. The van der Waals surface area contributed by atoms with Gasteiger partial charge in [-0.25, -0.2) is 9.59 Å². The van der Waals surface area contributed by atoms with Crippen molar-refractivity contribution >= 4 is 17.7 Å². The van der Waals surface area contributed by atoms with Gasteiger partial charge in [-0.2, -0.15) is 0 Å². The number of carboxylic acids is 1. The number of hydrogen-bond donors (Lipinski definition) is 4. The molecule has 20 heavy (non-hydrogen) atoms. The molecule has 0 fully saturated rings. The van der Waals surface area contributed by atoms with Gasteiger partial charge in [0.05, 0.1) is 18.8 Å². The first-order valence-electron chi connectivity index (χ1n) is 6.11. The number of nitrogens with zero attached hydrogens (tertiary/aromatic N) is 1. The molecule has 2 amide bonds. The predicted molar refractivity (Wildman–Crippen MR) is 72.9 cm³/mol. The minimum atomic E-state index is -1.03. The molecule has 110 valence electrons. The fourth-order valence-corrected chi connectivity index (χ4v) is 1.74. The summed E-state index contributed by atoms with van der Waals surface area (Å²) < 4.78 is 0. The summed E-state index contributed by atoms with van der Waals surface area (Å²) in [5, 5.41) is 29.2. The van der Waals surface area contributed by atoms with Crippen molar-refractivity contribution in [2.24, 2.45) is 0 Å². The summed E-state index contributed by atoms with van der Waals surface area (Å²) in [7, 11) is 0. The van der Waals surface area contributed by atoms with Gasteiger partial charge in [0, 0.05) is 18.8 Å². The summed E-state index contributed by atoms with van der Waals surface area (Å²) in [4.78, 5) is 24.0. The van der Waals surface area contributed by atoms with Gasteiger partial charge in [-0.05, 0) is 30.7 Å². The molecule has 0 saturated heterocycles. The van der Waals surface area contributed by atoms with E-state index < -0.39 is 12.0 Å². The van der Waals surface area contributed by atoms with Crippen molar-refractivity contribution in [1.82, 2.24) is 4.90 Å². The van der Waals surface area contributed by atoms with Crippen LogP contribution in [0.1, 0.15) is 15.9 Å². The van der Waals surface area contributed by atoms with Crippen LogP contribution in [0.2, 0.25) is 0 Å². The Morgan fingerprint density at radius 3 is 2.25 bits per heavy atom. The summed E-state index contributed by atoms with van der Waals surface area (Å²) in [6.45, 7) is 1.45. The number of urea groups is 1. The van der Waals surface area contributed by atoms with Crippen LogP contribution in [0.25, 0.3) is 0 Å². The molecular formula is C13H18N2O5. The third kappa shape index (κ3) is 4.22. The lowest BCUT2D eigenvalue weighted by Crippen LogP contribution is -2.38. The van der Waals surface area contributed by atoms with Gasteiger partial charge in [-0.3, -0.25) is 0 Å². The van der Waals surface area contributed by atoms with Crippen molar-refractivity contribution in [2.75, 3.05) is 31.6 Å². The molecular weight excluding hydrogens is 264 g/mol. The smallest absolute Gasteiger partial charge is 0.335 e. The van der Waals surface area contributed by atoms with Crippen LogP contribution in [0, 0.1) is 6.92 Å². The van der Waals surface area contributed by atoms with Gasteiger partial charge in [-0.1, -0.05) is 0 Å². The number of carbonyl (C=O) groups is 2. The Bertz CT molecular complexity index is 484. The molecule has 0 aliphatic heterocycles. The zero-order valence-electron chi connectivity index (χ0n) is 11.2. The van der Waals surface area contributed by atoms with Crippen LogP contribution in [0.5, 0.6) is 0 Å². The SMILES string of the molecule is Cc1cc(NC(=O)N(CCO)CCO)ccc1C(=O)O. The van der Waals surface area contributed by atoms with E-state index in [-0.39, 0.29) is 31.9 Å². The van der Waals surface area contributed by atoms with Gasteiger partial charge in [0.1, 0.15) is 0 Å². The number of nitrogens with one attached hydrogen (secondary N) is 1. The number of carbonyl (C=O) groups excluding carboxylic acids is 1. The maximum atomic E-state index is 11.9. The van der Waals surface area contributed by atoms with Gasteiger partial charge < -0.3 is 25.5 Å². The second-order valence-electron chi connectivity index (χ2n) is 4.20. The maximum absolute atomic E-state index is 11.9. The number of hydrogen-bond acceptors (Lipinski definition) is 4. The Hall–Kier alpha value is -2.12. The first kappa shape index (κ1) is 15.9. The largest absolute Gasteiger partial charge is 0.478 e. The third-order valence-corrected chi connectivity index (χ3v) is 2.74. The molecule has 0 saturated carbocycles. The van der Waals surface area contributed by atoms with Gasteiger partial charge in [0.2, 0.25) is 0 Å². The highest BCUT2D eigenvalue weighted by Crippen LogP contribution is 2.15. The Morgan fingerprint density at radius 1 is 1.20 bits per heavy atom. The van der Waals surface area contributed by atoms with E-state index in [1.165, 1.54) is 17.0 Å². The normalized spacial score (nSPS) is 10.2. The van der Waals surface area contributed by atoms with E-state index in [4.69, 9.17) is 15.3 Å². The molecule has 4 N–H and O–H groups in total. The Balaban J connectivity index is 2.79. The molecule has 7 heteroatoms. The first-order chi connectivity index (χ1) is 9.49. The topological polar surface area (TPSA) is 110 Å². The highest BCUT2D eigenvalue weighted by molar-refractivity contribution is 5.92. The van der Waals surface area contributed by atoms with E-state index in [0.717, 1.165) is 0 Å². The number of aryl methyl sites for hydroxylation is 1. The Morgan fingerprint density at radius 2 is 1.80 bits per heavy atom. The molecule has 0 spiro atoms. The minimum Gasteiger partial charge on any atom is -0.478 e. The second-order valence-corrected chi connectivity index (χ2v) is 4.20. The minimum absolute atomic E-state index is 0.110. The van der Waals surface area contributed by atoms with Crippen molar-refractivity contribution < 1.29 is 24.9 Å². The van der Waals surface area contributed by atoms with E-state index >= 15 is 0 Å². The molecule has 0 atom stereocenters. The number of amides is 2. The van der Waals surface area contributed by atoms with Crippen molar-refractivity contribution in [3.63, 3.8) is 0 Å². The molecule has 0 radical (unpaired) electrons. The molecule has 0 bridgehead atoms. The lowest BCUT2D eigenvalue weighted by atomic mass is 10.1. The summed E-state index contributed by atoms with van der Waals surface area (Å²) in [5.41, 5.74) is 1.16. The van der Waals surface area contributed by atoms with Crippen LogP contribution in [-0.2, 0) is 0 Å². The molecule has 0 aliphatic rings. The average molecular weight is 282 g/mol. The van der Waals surface area contributed by atoms with Crippen molar-refractivity contribution in [3.05, 3.63) is 29.3 Å². The van der Waals surface area contributed by atoms with Gasteiger partial charge in [-0.15, -0.1) is 0 Å². The van der Waals surface area contributed by atoms with Crippen LogP contribution in [0.4, 0.5) is 10.5 Å². The van der Waals surface area contributed by atoms with E-state index in [2.05, 4.69) is 5.32 Å². The number of aliphatic hydroxyl groups excluding tert-OH is 2. The van der Waals surface area contributed by atoms with Crippen LogP contribution < -0.4 is 5.32 Å². The molecule has 0 aliphatic carbocycles. The standard InChI is InChI=1S/C13H18N2O5/c1-9-8-10(2-3-11(9)12(18)19)14-13(20)15(4-6-16)5-7-17/h2-3,8,16-17H,4-7H2,1H3,(H,14,20)(H,18,19). The molecule has 0 heterocycles. The molecule has 1 aromatic rings. The summed E-state index contributed by atoms with van der Waals surface area (Å²) in [6, 6.07) is 3.99.